The van der Waals surface area contributed by atoms with E-state index in [0.29, 0.717) is 6.04 Å². The first kappa shape index (κ1) is 77.8. The van der Waals surface area contributed by atoms with Gasteiger partial charge in [-0.1, -0.05) is 67.0 Å². The molecule has 10 fully saturated rings. The number of hydrogen-bond donors (Lipinski definition) is 0. The molecule has 86 heavy (non-hydrogen) atoms. The molecular formula is C76H154N10. The number of hydrogen-bond acceptors (Lipinski definition) is 10. The predicted molar refractivity (Wildman–Crippen MR) is 380 cm³/mol. The van der Waals surface area contributed by atoms with Crippen LogP contribution in [0.5, 0.6) is 0 Å². The molecule has 0 N–H and O–H groups in total. The van der Waals surface area contributed by atoms with Gasteiger partial charge in [0, 0.05) is 176 Å². The van der Waals surface area contributed by atoms with E-state index in [1.807, 2.05) is 0 Å². The number of nitrogens with zero attached hydrogens (tertiary/aromatic N) is 10. The minimum absolute atomic E-state index is 0.697. The van der Waals surface area contributed by atoms with Crippen LogP contribution >= 0.6 is 0 Å². The van der Waals surface area contributed by atoms with E-state index in [4.69, 9.17) is 0 Å². The second kappa shape index (κ2) is 37.3. The molecule has 9 saturated heterocycles. The minimum atomic E-state index is 0.697. The summed E-state index contributed by atoms with van der Waals surface area (Å²) < 4.78 is 0. The summed E-state index contributed by atoms with van der Waals surface area (Å²) in [5.41, 5.74) is 1.61. The van der Waals surface area contributed by atoms with E-state index < -0.39 is 0 Å². The molecule has 1 aliphatic carbocycles. The van der Waals surface area contributed by atoms with E-state index in [9.17, 15) is 0 Å². The number of likely N-dealkylation sites (tertiary alicyclic amines) is 4. The molecule has 11 aliphatic rings. The van der Waals surface area contributed by atoms with Crippen molar-refractivity contribution in [2.45, 2.75) is 323 Å². The summed E-state index contributed by atoms with van der Waals surface area (Å²) in [7, 11) is 0. The molecule has 10 nitrogen and oxygen atoms in total. The molecule has 1 saturated carbocycles. The van der Waals surface area contributed by atoms with Gasteiger partial charge in [-0.2, -0.15) is 0 Å². The summed E-state index contributed by atoms with van der Waals surface area (Å²) in [6.45, 7) is 85.4. The Kier molecular flexibility index (Phi) is 33.7. The van der Waals surface area contributed by atoms with Crippen molar-refractivity contribution in [3.63, 3.8) is 0 Å². The van der Waals surface area contributed by atoms with E-state index >= 15 is 0 Å². The summed E-state index contributed by atoms with van der Waals surface area (Å²) in [6.07, 6.45) is 12.5. The quantitative estimate of drug-likeness (QED) is 0.157. The van der Waals surface area contributed by atoms with Gasteiger partial charge in [0.2, 0.25) is 0 Å². The lowest BCUT2D eigenvalue weighted by Gasteiger charge is -2.59. The van der Waals surface area contributed by atoms with Crippen LogP contribution < -0.4 is 0 Å². The van der Waals surface area contributed by atoms with Gasteiger partial charge in [0.1, 0.15) is 0 Å². The highest BCUT2D eigenvalue weighted by molar-refractivity contribution is 5.14. The van der Waals surface area contributed by atoms with Gasteiger partial charge in [0.25, 0.3) is 0 Å². The van der Waals surface area contributed by atoms with Crippen LogP contribution in [-0.4, -0.2) is 238 Å². The van der Waals surface area contributed by atoms with Gasteiger partial charge < -0.3 is 14.7 Å². The Bertz CT molecular complexity index is 1680. The maximum absolute atomic E-state index is 2.75. The highest BCUT2D eigenvalue weighted by Gasteiger charge is 2.46. The SMILES string of the molecule is CC(C)C1=CCN(C(C)C)C1.CC(C)C1CC2CN(C(C)C)CC2C1.CC(C)C1CCN(C(C)C)CC1.CC(C)C1CN(C(C)C)C1.CC(C)N1CC2CC(C1)N2C(C)C.CC(C)N1CCN(C(C)C)CC1.CC(C)N1C[C@H]2CC[C@@H](C1)N2C(C)C. The molecule has 4 unspecified atom stereocenters. The van der Waals surface area contributed by atoms with E-state index in [-0.39, 0.29) is 0 Å². The lowest BCUT2D eigenvalue weighted by atomic mass is 9.85. The van der Waals surface area contributed by atoms with Crippen molar-refractivity contribution in [3.05, 3.63) is 11.6 Å². The third-order valence-electron chi connectivity index (χ3n) is 23.1. The minimum Gasteiger partial charge on any atom is -0.301 e. The molecule has 6 atom stereocenters. The van der Waals surface area contributed by atoms with Gasteiger partial charge in [0.05, 0.1) is 0 Å². The van der Waals surface area contributed by atoms with Crippen LogP contribution in [0, 0.1) is 53.3 Å². The zero-order valence-corrected chi connectivity index (χ0v) is 63.1. The molecule has 0 aromatic heterocycles. The lowest BCUT2D eigenvalue weighted by molar-refractivity contribution is -0.0955. The summed E-state index contributed by atoms with van der Waals surface area (Å²) in [4.78, 5) is 26.1. The normalized spacial score (nSPS) is 28.7. The average molecular weight is 1210 g/mol. The maximum atomic E-state index is 2.75. The Morgan fingerprint density at radius 3 is 0.895 bits per heavy atom. The van der Waals surface area contributed by atoms with E-state index in [0.717, 1.165) is 138 Å². The maximum Gasteiger partial charge on any atom is 0.0244 e. The molecule has 10 heterocycles. The van der Waals surface area contributed by atoms with Crippen molar-refractivity contribution < 1.29 is 0 Å². The van der Waals surface area contributed by atoms with Crippen LogP contribution in [0.3, 0.4) is 0 Å². The summed E-state index contributed by atoms with van der Waals surface area (Å²) in [5.74, 6) is 8.47. The molecule has 0 radical (unpaired) electrons. The first-order chi connectivity index (χ1) is 40.2. The van der Waals surface area contributed by atoms with Crippen LogP contribution in [0.25, 0.3) is 0 Å². The topological polar surface area (TPSA) is 32.4 Å². The van der Waals surface area contributed by atoms with Crippen molar-refractivity contribution in [1.82, 2.24) is 49.0 Å². The van der Waals surface area contributed by atoms with Gasteiger partial charge in [-0.3, -0.25) is 34.3 Å². The fourth-order valence-corrected chi connectivity index (χ4v) is 16.2. The van der Waals surface area contributed by atoms with E-state index in [1.54, 1.807) is 5.57 Å². The number of piperidine rings is 2. The van der Waals surface area contributed by atoms with Crippen LogP contribution in [0.2, 0.25) is 0 Å². The summed E-state index contributed by atoms with van der Waals surface area (Å²) in [6, 6.07) is 10.8. The molecule has 4 bridgehead atoms. The van der Waals surface area contributed by atoms with Crippen LogP contribution in [0.1, 0.15) is 239 Å². The van der Waals surface area contributed by atoms with Crippen molar-refractivity contribution >= 4 is 0 Å². The molecule has 11 rings (SSSR count). The number of rotatable bonds is 14. The highest BCUT2D eigenvalue weighted by Crippen LogP contribution is 2.45. The largest absolute Gasteiger partial charge is 0.301 e. The van der Waals surface area contributed by atoms with E-state index in [1.165, 1.54) is 143 Å². The molecule has 508 valence electrons. The van der Waals surface area contributed by atoms with Crippen molar-refractivity contribution in [2.24, 2.45) is 53.3 Å². The molecule has 0 aromatic carbocycles. The lowest BCUT2D eigenvalue weighted by Crippen LogP contribution is -2.71. The molecular weight excluding hydrogens is 1050 g/mol. The molecule has 0 spiro atoms. The Labute approximate surface area is 539 Å². The first-order valence-electron chi connectivity index (χ1n) is 37.4. The third-order valence-corrected chi connectivity index (χ3v) is 23.1. The first-order valence-corrected chi connectivity index (χ1v) is 37.4. The average Bonchev–Trinajstić information content (AvgIpc) is 2.58. The van der Waals surface area contributed by atoms with Gasteiger partial charge in [-0.25, -0.2) is 0 Å². The zero-order valence-electron chi connectivity index (χ0n) is 63.1. The van der Waals surface area contributed by atoms with Crippen LogP contribution in [-0.2, 0) is 0 Å². The van der Waals surface area contributed by atoms with Crippen molar-refractivity contribution in [1.29, 1.82) is 0 Å². The fourth-order valence-electron chi connectivity index (χ4n) is 16.2. The second-order valence-electron chi connectivity index (χ2n) is 33.6. The van der Waals surface area contributed by atoms with Gasteiger partial charge in [0.15, 0.2) is 0 Å². The van der Waals surface area contributed by atoms with Gasteiger partial charge >= 0.3 is 0 Å². The highest BCUT2D eigenvalue weighted by atomic mass is 15.4. The van der Waals surface area contributed by atoms with Crippen LogP contribution in [0.4, 0.5) is 0 Å². The molecule has 10 heteroatoms. The second-order valence-corrected chi connectivity index (χ2v) is 33.6. The predicted octanol–water partition coefficient (Wildman–Crippen LogP) is 15.0. The van der Waals surface area contributed by atoms with E-state index in [2.05, 4.69) is 249 Å². The fraction of sp³-hybridized carbons (Fsp3) is 0.974. The third kappa shape index (κ3) is 24.0. The summed E-state index contributed by atoms with van der Waals surface area (Å²) >= 11 is 0. The Balaban J connectivity index is 0.000000216. The number of piperazine rings is 3. The van der Waals surface area contributed by atoms with Crippen LogP contribution in [0.15, 0.2) is 11.6 Å². The zero-order chi connectivity index (χ0) is 64.6. The standard InChI is InChI=1S/C13H25N.C12H24N2.C11H22N2.C11H23N.C10H22N2.C10H19N.C9H19N/c1-9(2)11-5-12-7-14(10(3)4)8-13(12)6-11;1-9(2)13-7-11-5-6-12(8-13)14(11)10(3)4;1-8(2)12-6-10-5-11(7-12)13(10)9(3)4;2*1-9(2)11-5-7-12(8-6-11)10(3)4;1-8(2)10-5-6-11(7-10)9(3)4;1-7(2)9-5-10(6-9)8(3)4/h9-13H,5-8H2,1-4H3;9-12H,5-8H2,1-4H3;8-11H,5-7H2,1-4H3;9-11H,5-8H2,1-4H3;9-10H,5-8H2,1-4H3;5,8-9H,6-7H2,1-4H3;7-9H,5-6H2,1-4H3/t;11-,12+;;;;;. The summed E-state index contributed by atoms with van der Waals surface area (Å²) in [5, 5.41) is 0. The van der Waals surface area contributed by atoms with Gasteiger partial charge in [-0.15, -0.1) is 0 Å². The Morgan fingerprint density at radius 1 is 0.279 bits per heavy atom. The Hall–Kier alpha value is -0.660. The smallest absolute Gasteiger partial charge is 0.0244 e. The molecule has 10 aliphatic heterocycles. The van der Waals surface area contributed by atoms with Crippen molar-refractivity contribution in [2.75, 3.05) is 105 Å². The van der Waals surface area contributed by atoms with Gasteiger partial charge in [-0.05, 0) is 250 Å². The van der Waals surface area contributed by atoms with Crippen molar-refractivity contribution in [3.8, 4) is 0 Å². The molecule has 0 amide bonds. The monoisotopic (exact) mass is 1210 g/mol. The Morgan fingerprint density at radius 2 is 0.593 bits per heavy atom. The number of fused-ring (bicyclic) bond motifs is 5. The molecule has 0 aromatic rings.